The summed E-state index contributed by atoms with van der Waals surface area (Å²) in [5.74, 6) is 0.478. The van der Waals surface area contributed by atoms with E-state index >= 15 is 0 Å². The third kappa shape index (κ3) is 0.815. The van der Waals surface area contributed by atoms with Crippen LogP contribution >= 0.6 is 0 Å². The van der Waals surface area contributed by atoms with E-state index in [9.17, 15) is 0 Å². The van der Waals surface area contributed by atoms with Gasteiger partial charge >= 0.3 is 0 Å². The van der Waals surface area contributed by atoms with Gasteiger partial charge in [-0.1, -0.05) is 6.08 Å². The molecular formula is C9H12O3. The van der Waals surface area contributed by atoms with Crippen LogP contribution in [0.15, 0.2) is 12.7 Å². The average Bonchev–Trinajstić information content (AvgIpc) is 2.75. The fraction of sp³-hybridized carbons (Fsp3) is 0.778. The summed E-state index contributed by atoms with van der Waals surface area (Å²) < 4.78 is 16.5. The summed E-state index contributed by atoms with van der Waals surface area (Å²) in [6.45, 7) is 4.47. The molecule has 5 atom stereocenters. The molecule has 0 N–H and O–H groups in total. The second-order valence-corrected chi connectivity index (χ2v) is 3.63. The zero-order valence-electron chi connectivity index (χ0n) is 6.81. The third-order valence-electron chi connectivity index (χ3n) is 2.90. The van der Waals surface area contributed by atoms with Crippen molar-refractivity contribution in [1.82, 2.24) is 0 Å². The number of ether oxygens (including phenoxy) is 3. The molecule has 0 spiro atoms. The van der Waals surface area contributed by atoms with Crippen LogP contribution in [-0.4, -0.2) is 31.2 Å². The minimum Gasteiger partial charge on any atom is -0.364 e. The largest absolute Gasteiger partial charge is 0.364 e. The van der Waals surface area contributed by atoms with E-state index in [2.05, 4.69) is 6.58 Å². The lowest BCUT2D eigenvalue weighted by Crippen LogP contribution is -2.35. The lowest BCUT2D eigenvalue weighted by Gasteiger charge is -2.22. The van der Waals surface area contributed by atoms with Gasteiger partial charge in [0.15, 0.2) is 6.29 Å². The molecule has 2 unspecified atom stereocenters. The maximum atomic E-state index is 5.62. The first kappa shape index (κ1) is 7.06. The Hall–Kier alpha value is -0.380. The summed E-state index contributed by atoms with van der Waals surface area (Å²) in [7, 11) is 0. The molecular weight excluding hydrogens is 156 g/mol. The van der Waals surface area contributed by atoms with Crippen LogP contribution in [0, 0.1) is 5.92 Å². The van der Waals surface area contributed by atoms with E-state index in [1.807, 2.05) is 6.08 Å². The highest BCUT2D eigenvalue weighted by atomic mass is 16.8. The minimum absolute atomic E-state index is 0.0685. The first-order valence-corrected chi connectivity index (χ1v) is 4.43. The number of fused-ring (bicyclic) bond motifs is 4. The molecule has 0 radical (unpaired) electrons. The Morgan fingerprint density at radius 2 is 2.25 bits per heavy atom. The highest BCUT2D eigenvalue weighted by Crippen LogP contribution is 2.46. The van der Waals surface area contributed by atoms with Gasteiger partial charge in [0.25, 0.3) is 0 Å². The van der Waals surface area contributed by atoms with E-state index in [0.29, 0.717) is 12.0 Å². The van der Waals surface area contributed by atoms with Crippen molar-refractivity contribution in [1.29, 1.82) is 0 Å². The maximum Gasteiger partial charge on any atom is 0.186 e. The van der Waals surface area contributed by atoms with E-state index in [0.717, 1.165) is 13.0 Å². The van der Waals surface area contributed by atoms with E-state index in [1.165, 1.54) is 0 Å². The first-order valence-electron chi connectivity index (χ1n) is 4.43. The van der Waals surface area contributed by atoms with Crippen LogP contribution in [0.3, 0.4) is 0 Å². The van der Waals surface area contributed by atoms with Gasteiger partial charge in [-0.2, -0.15) is 0 Å². The molecule has 0 aromatic rings. The number of hydrogen-bond donors (Lipinski definition) is 0. The zero-order valence-corrected chi connectivity index (χ0v) is 6.81. The molecule has 0 aliphatic carbocycles. The van der Waals surface area contributed by atoms with Crippen LogP contribution in [0.25, 0.3) is 0 Å². The third-order valence-corrected chi connectivity index (χ3v) is 2.90. The SMILES string of the molecule is C=CC[C@@H]1C2CO[C@H](O2)C2O[C@@H]21. The Morgan fingerprint density at radius 3 is 3.08 bits per heavy atom. The number of hydrogen-bond acceptors (Lipinski definition) is 3. The lowest BCUT2D eigenvalue weighted by molar-refractivity contribution is -0.0884. The van der Waals surface area contributed by atoms with Gasteiger partial charge < -0.3 is 14.2 Å². The number of epoxide rings is 1. The van der Waals surface area contributed by atoms with Crippen molar-refractivity contribution >= 4 is 0 Å². The van der Waals surface area contributed by atoms with Crippen molar-refractivity contribution in [2.45, 2.75) is 31.0 Å². The second-order valence-electron chi connectivity index (χ2n) is 3.63. The van der Waals surface area contributed by atoms with Crippen molar-refractivity contribution in [3.8, 4) is 0 Å². The average molecular weight is 168 g/mol. The van der Waals surface area contributed by atoms with Gasteiger partial charge in [0.05, 0.1) is 18.8 Å². The molecule has 3 nitrogen and oxygen atoms in total. The Morgan fingerprint density at radius 1 is 1.33 bits per heavy atom. The molecule has 3 saturated heterocycles. The van der Waals surface area contributed by atoms with E-state index < -0.39 is 0 Å². The molecule has 3 aliphatic rings. The smallest absolute Gasteiger partial charge is 0.186 e. The minimum atomic E-state index is -0.0685. The van der Waals surface area contributed by atoms with Gasteiger partial charge in [-0.15, -0.1) is 6.58 Å². The van der Waals surface area contributed by atoms with Gasteiger partial charge in [0, 0.05) is 5.92 Å². The molecule has 3 heteroatoms. The maximum absolute atomic E-state index is 5.62. The Bertz CT molecular complexity index is 216. The molecule has 0 aromatic carbocycles. The predicted octanol–water partition coefficient (Wildman–Crippen LogP) is 0.701. The summed E-state index contributed by atoms with van der Waals surface area (Å²) >= 11 is 0. The van der Waals surface area contributed by atoms with Crippen molar-refractivity contribution in [3.05, 3.63) is 12.7 Å². The second kappa shape index (κ2) is 2.31. The first-order chi connectivity index (χ1) is 5.90. The summed E-state index contributed by atoms with van der Waals surface area (Å²) in [5, 5.41) is 0. The van der Waals surface area contributed by atoms with E-state index in [4.69, 9.17) is 14.2 Å². The molecule has 66 valence electrons. The van der Waals surface area contributed by atoms with Crippen molar-refractivity contribution in [2.75, 3.05) is 6.61 Å². The van der Waals surface area contributed by atoms with Gasteiger partial charge in [0.1, 0.15) is 6.10 Å². The fourth-order valence-electron chi connectivity index (χ4n) is 2.23. The fourth-order valence-corrected chi connectivity index (χ4v) is 2.23. The van der Waals surface area contributed by atoms with Crippen LogP contribution in [-0.2, 0) is 14.2 Å². The zero-order chi connectivity index (χ0) is 8.13. The predicted molar refractivity (Wildman–Crippen MR) is 41.6 cm³/mol. The standard InChI is InChI=1S/C9H12O3/c1-2-3-5-6-4-10-9(11-6)8-7(5)12-8/h2,5-9H,1,3-4H2/t5-,6?,7-,8?,9-/m1/s1. The summed E-state index contributed by atoms with van der Waals surface area (Å²) in [6, 6.07) is 0. The highest BCUT2D eigenvalue weighted by Gasteiger charge is 2.60. The quantitative estimate of drug-likeness (QED) is 0.449. The molecule has 3 fully saturated rings. The lowest BCUT2D eigenvalue weighted by atomic mass is 9.92. The molecule has 0 amide bonds. The molecule has 3 rings (SSSR count). The Labute approximate surface area is 71.3 Å². The summed E-state index contributed by atoms with van der Waals surface area (Å²) in [5.41, 5.74) is 0. The van der Waals surface area contributed by atoms with E-state index in [1.54, 1.807) is 0 Å². The molecule has 3 heterocycles. The monoisotopic (exact) mass is 168 g/mol. The molecule has 0 saturated carbocycles. The highest BCUT2D eigenvalue weighted by molar-refractivity contribution is 5.04. The van der Waals surface area contributed by atoms with Gasteiger partial charge in [0.2, 0.25) is 0 Å². The normalized spacial score (nSPS) is 54.8. The van der Waals surface area contributed by atoms with Gasteiger partial charge in [-0.25, -0.2) is 0 Å². The molecule has 0 aromatic heterocycles. The van der Waals surface area contributed by atoms with Crippen LogP contribution in [0.2, 0.25) is 0 Å². The Kier molecular flexibility index (Phi) is 1.36. The van der Waals surface area contributed by atoms with Crippen LogP contribution in [0.1, 0.15) is 6.42 Å². The molecule has 12 heavy (non-hydrogen) atoms. The van der Waals surface area contributed by atoms with Crippen molar-refractivity contribution < 1.29 is 14.2 Å². The molecule has 3 aliphatic heterocycles. The van der Waals surface area contributed by atoms with Crippen molar-refractivity contribution in [2.24, 2.45) is 5.92 Å². The summed E-state index contributed by atoms with van der Waals surface area (Å²) in [4.78, 5) is 0. The van der Waals surface area contributed by atoms with Crippen LogP contribution < -0.4 is 0 Å². The number of rotatable bonds is 2. The summed E-state index contributed by atoms with van der Waals surface area (Å²) in [6.07, 6.45) is 3.69. The van der Waals surface area contributed by atoms with Crippen molar-refractivity contribution in [3.63, 3.8) is 0 Å². The molecule has 2 bridgehead atoms. The van der Waals surface area contributed by atoms with Crippen LogP contribution in [0.5, 0.6) is 0 Å². The van der Waals surface area contributed by atoms with Gasteiger partial charge in [-0.05, 0) is 6.42 Å². The topological polar surface area (TPSA) is 31.0 Å². The van der Waals surface area contributed by atoms with E-state index in [-0.39, 0.29) is 18.5 Å². The Balaban J connectivity index is 1.80. The number of allylic oxidation sites excluding steroid dienone is 1. The van der Waals surface area contributed by atoms with Crippen LogP contribution in [0.4, 0.5) is 0 Å². The van der Waals surface area contributed by atoms with Gasteiger partial charge in [-0.3, -0.25) is 0 Å².